The van der Waals surface area contributed by atoms with Gasteiger partial charge < -0.3 is 20.1 Å². The summed E-state index contributed by atoms with van der Waals surface area (Å²) in [5, 5.41) is 11.1. The smallest absolute Gasteiger partial charge is 0.0651 e. The number of allylic oxidation sites excluding steroid dienone is 4. The molecule has 0 unspecified atom stereocenters. The summed E-state index contributed by atoms with van der Waals surface area (Å²) < 4.78 is 2.42. The first-order chi connectivity index (χ1) is 21.6. The van der Waals surface area contributed by atoms with Gasteiger partial charge in [0, 0.05) is 43.5 Å². The molecule has 0 saturated heterocycles. The minimum absolute atomic E-state index is 0.582. The maximum absolute atomic E-state index is 4.35. The van der Waals surface area contributed by atoms with Gasteiger partial charge in [-0.05, 0) is 91.9 Å². The Morgan fingerprint density at radius 2 is 1.69 bits per heavy atom. The first kappa shape index (κ1) is 37.6. The van der Waals surface area contributed by atoms with Gasteiger partial charge in [0.1, 0.15) is 0 Å². The van der Waals surface area contributed by atoms with Crippen LogP contribution in [0.2, 0.25) is 0 Å². The van der Waals surface area contributed by atoms with Crippen molar-refractivity contribution in [3.63, 3.8) is 0 Å². The molecule has 45 heavy (non-hydrogen) atoms. The van der Waals surface area contributed by atoms with E-state index in [9.17, 15) is 0 Å². The normalized spacial score (nSPS) is 13.1. The lowest BCUT2D eigenvalue weighted by molar-refractivity contribution is 0.493. The Hall–Kier alpha value is -3.54. The molecule has 4 nitrogen and oxygen atoms in total. The van der Waals surface area contributed by atoms with E-state index in [-0.39, 0.29) is 0 Å². The standard InChI is InChI=1S/C19H24N2S.C19H28N2.C2H6/c1-4-20-11-12-21-10-9-16(3)19-13-18(14-22-19)17-7-5-15(2)6-8-17;1-14(2)11-12-17-13-19(16(4)20(5)6)21(15(17)3)18-9-7-8-10-18;1-2/h5-10,13-14,20-21H,3-4,11-12H2,1-2H3;11-13,18H,3-4,7-10H2,1-2,5-6H3;1-2H3/b10-9+;17-12-;. The lowest BCUT2D eigenvalue weighted by Gasteiger charge is -2.22. The number of hydrogen-bond acceptors (Lipinski definition) is 4. The largest absolute Gasteiger partial charge is 0.390 e. The van der Waals surface area contributed by atoms with E-state index in [0.717, 1.165) is 36.3 Å². The number of rotatable bonds is 12. The van der Waals surface area contributed by atoms with Gasteiger partial charge in [0.15, 0.2) is 0 Å². The van der Waals surface area contributed by atoms with Gasteiger partial charge >= 0.3 is 0 Å². The number of nitrogens with one attached hydrogen (secondary N) is 2. The van der Waals surface area contributed by atoms with Crippen molar-refractivity contribution in [1.82, 2.24) is 20.1 Å². The van der Waals surface area contributed by atoms with Crippen molar-refractivity contribution in [1.29, 1.82) is 0 Å². The molecule has 1 fully saturated rings. The molecule has 0 bridgehead atoms. The molecule has 1 aliphatic carbocycles. The first-order valence-electron chi connectivity index (χ1n) is 16.5. The predicted octanol–water partition coefficient (Wildman–Crippen LogP) is 8.77. The summed E-state index contributed by atoms with van der Waals surface area (Å²) in [6.07, 6.45) is 13.5. The predicted molar refractivity (Wildman–Crippen MR) is 204 cm³/mol. The van der Waals surface area contributed by atoms with Gasteiger partial charge in [0.25, 0.3) is 0 Å². The van der Waals surface area contributed by atoms with Crippen molar-refractivity contribution in [3.05, 3.63) is 106 Å². The van der Waals surface area contributed by atoms with Crippen LogP contribution in [0.4, 0.5) is 0 Å². The van der Waals surface area contributed by atoms with Gasteiger partial charge in [-0.1, -0.05) is 101 Å². The molecule has 1 saturated carbocycles. The Kier molecular flexibility index (Phi) is 16.5. The summed E-state index contributed by atoms with van der Waals surface area (Å²) in [5.41, 5.74) is 8.42. The third-order valence-corrected chi connectivity index (χ3v) is 8.70. The highest BCUT2D eigenvalue weighted by molar-refractivity contribution is 7.11. The number of thiophene rings is 1. The second-order valence-electron chi connectivity index (χ2n) is 11.7. The maximum atomic E-state index is 4.35. The molecule has 2 heterocycles. The highest BCUT2D eigenvalue weighted by Crippen LogP contribution is 2.31. The molecule has 0 aliphatic heterocycles. The number of nitrogens with zero attached hydrogens (tertiary/aromatic N) is 2. The zero-order chi connectivity index (χ0) is 33.4. The number of aryl methyl sites for hydroxylation is 1. The Labute approximate surface area is 278 Å². The molecule has 0 amide bonds. The van der Waals surface area contributed by atoms with Crippen molar-refractivity contribution < 1.29 is 0 Å². The van der Waals surface area contributed by atoms with Gasteiger partial charge in [-0.25, -0.2) is 0 Å². The lowest BCUT2D eigenvalue weighted by Crippen LogP contribution is -2.30. The maximum Gasteiger partial charge on any atom is 0.0651 e. The van der Waals surface area contributed by atoms with Crippen LogP contribution in [0.25, 0.3) is 35.1 Å². The summed E-state index contributed by atoms with van der Waals surface area (Å²) >= 11 is 1.74. The van der Waals surface area contributed by atoms with E-state index in [1.807, 2.05) is 26.1 Å². The van der Waals surface area contributed by atoms with E-state index in [0.29, 0.717) is 6.04 Å². The molecule has 244 valence electrons. The summed E-state index contributed by atoms with van der Waals surface area (Å²) in [7, 11) is 4.10. The Morgan fingerprint density at radius 3 is 2.29 bits per heavy atom. The quantitative estimate of drug-likeness (QED) is 0.156. The van der Waals surface area contributed by atoms with Crippen LogP contribution in [-0.4, -0.2) is 43.2 Å². The second-order valence-corrected chi connectivity index (χ2v) is 12.6. The average molecular weight is 627 g/mol. The molecule has 5 heteroatoms. The number of benzene rings is 1. The van der Waals surface area contributed by atoms with Crippen LogP contribution in [0, 0.1) is 6.92 Å². The first-order valence-corrected chi connectivity index (χ1v) is 17.4. The Morgan fingerprint density at radius 1 is 1.02 bits per heavy atom. The summed E-state index contributed by atoms with van der Waals surface area (Å²) in [4.78, 5) is 3.30. The van der Waals surface area contributed by atoms with Crippen LogP contribution in [0.3, 0.4) is 0 Å². The van der Waals surface area contributed by atoms with E-state index in [4.69, 9.17) is 0 Å². The molecule has 3 aromatic rings. The zero-order valence-electron chi connectivity index (χ0n) is 29.3. The van der Waals surface area contributed by atoms with Crippen LogP contribution in [0.1, 0.15) is 82.5 Å². The van der Waals surface area contributed by atoms with Crippen molar-refractivity contribution in [2.75, 3.05) is 33.7 Å². The number of aromatic nitrogens is 1. The van der Waals surface area contributed by atoms with E-state index >= 15 is 0 Å². The third-order valence-electron chi connectivity index (χ3n) is 7.70. The zero-order valence-corrected chi connectivity index (χ0v) is 30.1. The SMILES string of the molecule is C=C(/C=C/NCCNCC)c1cc(-c2ccc(C)cc2)cs1.C=C(c1c/c(=C/C=C(C)C)c(=C)n1C1CCCC1)N(C)C.CC. The fourth-order valence-electron chi connectivity index (χ4n) is 5.08. The van der Waals surface area contributed by atoms with Gasteiger partial charge in [-0.15, -0.1) is 11.3 Å². The van der Waals surface area contributed by atoms with E-state index in [1.54, 1.807) is 11.3 Å². The van der Waals surface area contributed by atoms with E-state index < -0.39 is 0 Å². The van der Waals surface area contributed by atoms with Gasteiger partial charge in [-0.2, -0.15) is 0 Å². The minimum atomic E-state index is 0.582. The summed E-state index contributed by atoms with van der Waals surface area (Å²) in [6.45, 7) is 28.1. The average Bonchev–Trinajstić information content (AvgIpc) is 3.80. The molecule has 1 aromatic carbocycles. The van der Waals surface area contributed by atoms with Crippen molar-refractivity contribution in [3.8, 4) is 11.1 Å². The Balaban J connectivity index is 0.000000297. The molecule has 0 atom stereocenters. The van der Waals surface area contributed by atoms with Crippen LogP contribution in [-0.2, 0) is 0 Å². The van der Waals surface area contributed by atoms with Crippen LogP contribution in [0.5, 0.6) is 0 Å². The van der Waals surface area contributed by atoms with Crippen molar-refractivity contribution in [2.24, 2.45) is 0 Å². The monoisotopic (exact) mass is 626 g/mol. The molecule has 2 aromatic heterocycles. The fourth-order valence-corrected chi connectivity index (χ4v) is 5.95. The van der Waals surface area contributed by atoms with Crippen LogP contribution in [0.15, 0.2) is 78.9 Å². The Bertz CT molecular complexity index is 1500. The third kappa shape index (κ3) is 11.7. The molecular formula is C40H58N4S. The van der Waals surface area contributed by atoms with Crippen LogP contribution >= 0.6 is 11.3 Å². The van der Waals surface area contributed by atoms with Gasteiger partial charge in [0.05, 0.1) is 11.4 Å². The fraction of sp³-hybridized carbons (Fsp3) is 0.400. The highest BCUT2D eigenvalue weighted by Gasteiger charge is 2.21. The van der Waals surface area contributed by atoms with Crippen molar-refractivity contribution >= 4 is 35.3 Å². The highest BCUT2D eigenvalue weighted by atomic mass is 32.1. The molecule has 0 radical (unpaired) electrons. The van der Waals surface area contributed by atoms with E-state index in [1.165, 1.54) is 63.7 Å². The molecule has 2 N–H and O–H groups in total. The van der Waals surface area contributed by atoms with Crippen molar-refractivity contribution in [2.45, 2.75) is 73.3 Å². The lowest BCUT2D eigenvalue weighted by atomic mass is 10.1. The van der Waals surface area contributed by atoms with Gasteiger partial charge in [-0.3, -0.25) is 0 Å². The summed E-state index contributed by atoms with van der Waals surface area (Å²) in [6, 6.07) is 13.7. The molecule has 0 spiro atoms. The topological polar surface area (TPSA) is 32.2 Å². The molecule has 1 aliphatic rings. The molecule has 4 rings (SSSR count). The van der Waals surface area contributed by atoms with Gasteiger partial charge in [0.2, 0.25) is 0 Å². The molecular weight excluding hydrogens is 569 g/mol. The summed E-state index contributed by atoms with van der Waals surface area (Å²) in [5.74, 6) is 0. The minimum Gasteiger partial charge on any atom is -0.390 e. The second kappa shape index (κ2) is 19.8. The number of hydrogen-bond donors (Lipinski definition) is 2. The van der Waals surface area contributed by atoms with E-state index in [2.05, 4.69) is 136 Å². The number of likely N-dealkylation sites (N-methyl/N-ethyl adjacent to an activating group) is 1. The van der Waals surface area contributed by atoms with Crippen LogP contribution < -0.4 is 21.2 Å².